The zero-order valence-electron chi connectivity index (χ0n) is 7.92. The second-order valence-electron chi connectivity index (χ2n) is 3.68. The number of Topliss-reactive ketones (excluding diaryl/α,β-unsaturated/α-hetero) is 1. The first kappa shape index (κ1) is 9.68. The summed E-state index contributed by atoms with van der Waals surface area (Å²) in [5.74, 6) is -0.337. The van der Waals surface area contributed by atoms with Crippen LogP contribution in [-0.4, -0.2) is 24.3 Å². The van der Waals surface area contributed by atoms with Crippen molar-refractivity contribution >= 4 is 5.78 Å². The van der Waals surface area contributed by atoms with Gasteiger partial charge >= 0.3 is 0 Å². The number of carbonyl (C=O) groups excluding carboxylic acids is 1. The molecule has 0 radical (unpaired) electrons. The van der Waals surface area contributed by atoms with E-state index in [0.29, 0.717) is 13.0 Å². The summed E-state index contributed by atoms with van der Waals surface area (Å²) >= 11 is 0. The lowest BCUT2D eigenvalue weighted by molar-refractivity contribution is -0.272. The maximum atomic E-state index is 10.8. The SMILES string of the molecule is CC(=O)CC1CCOC(C)(C)O1. The highest BCUT2D eigenvalue weighted by molar-refractivity contribution is 5.75. The van der Waals surface area contributed by atoms with Gasteiger partial charge in [0.25, 0.3) is 0 Å². The lowest BCUT2D eigenvalue weighted by atomic mass is 10.1. The first-order valence-corrected chi connectivity index (χ1v) is 4.31. The Morgan fingerprint density at radius 2 is 2.25 bits per heavy atom. The molecule has 0 bridgehead atoms. The summed E-state index contributed by atoms with van der Waals surface area (Å²) in [5.41, 5.74) is 0. The Morgan fingerprint density at radius 1 is 1.58 bits per heavy atom. The molecule has 0 saturated carbocycles. The lowest BCUT2D eigenvalue weighted by Crippen LogP contribution is -2.40. The summed E-state index contributed by atoms with van der Waals surface area (Å²) in [7, 11) is 0. The van der Waals surface area contributed by atoms with Crippen molar-refractivity contribution in [1.82, 2.24) is 0 Å². The van der Waals surface area contributed by atoms with Gasteiger partial charge in [-0.25, -0.2) is 0 Å². The van der Waals surface area contributed by atoms with Crippen LogP contribution in [0.2, 0.25) is 0 Å². The average Bonchev–Trinajstić information content (AvgIpc) is 1.82. The van der Waals surface area contributed by atoms with Crippen LogP contribution in [0, 0.1) is 0 Å². The first-order valence-electron chi connectivity index (χ1n) is 4.31. The number of hydrogen-bond acceptors (Lipinski definition) is 3. The van der Waals surface area contributed by atoms with Gasteiger partial charge in [-0.15, -0.1) is 0 Å². The number of rotatable bonds is 2. The van der Waals surface area contributed by atoms with E-state index in [4.69, 9.17) is 9.47 Å². The normalized spacial score (nSPS) is 28.4. The van der Waals surface area contributed by atoms with E-state index < -0.39 is 5.79 Å². The van der Waals surface area contributed by atoms with Gasteiger partial charge in [0.15, 0.2) is 5.79 Å². The van der Waals surface area contributed by atoms with E-state index in [0.717, 1.165) is 6.42 Å². The Labute approximate surface area is 73.0 Å². The fourth-order valence-corrected chi connectivity index (χ4v) is 1.39. The molecule has 12 heavy (non-hydrogen) atoms. The standard InChI is InChI=1S/C9H16O3/c1-7(10)6-8-4-5-11-9(2,3)12-8/h8H,4-6H2,1-3H3. The van der Waals surface area contributed by atoms with E-state index in [1.54, 1.807) is 6.92 Å². The fourth-order valence-electron chi connectivity index (χ4n) is 1.39. The summed E-state index contributed by atoms with van der Waals surface area (Å²) in [6.45, 7) is 6.02. The molecule has 1 saturated heterocycles. The third-order valence-electron chi connectivity index (χ3n) is 1.86. The minimum atomic E-state index is -0.516. The molecule has 1 atom stereocenters. The van der Waals surface area contributed by atoms with E-state index in [1.165, 1.54) is 0 Å². The largest absolute Gasteiger partial charge is 0.350 e. The summed E-state index contributed by atoms with van der Waals surface area (Å²) < 4.78 is 10.9. The molecule has 0 spiro atoms. The summed E-state index contributed by atoms with van der Waals surface area (Å²) in [6.07, 6.45) is 1.38. The molecular weight excluding hydrogens is 156 g/mol. The molecule has 1 rings (SSSR count). The van der Waals surface area contributed by atoms with Crippen LogP contribution < -0.4 is 0 Å². The van der Waals surface area contributed by atoms with Crippen molar-refractivity contribution < 1.29 is 14.3 Å². The van der Waals surface area contributed by atoms with Crippen molar-refractivity contribution in [3.8, 4) is 0 Å². The highest BCUT2D eigenvalue weighted by Gasteiger charge is 2.29. The first-order chi connectivity index (χ1) is 5.49. The van der Waals surface area contributed by atoms with Gasteiger partial charge in [-0.1, -0.05) is 0 Å². The number of ether oxygens (including phenoxy) is 2. The topological polar surface area (TPSA) is 35.5 Å². The summed E-state index contributed by atoms with van der Waals surface area (Å²) in [4.78, 5) is 10.8. The highest BCUT2D eigenvalue weighted by atomic mass is 16.7. The molecule has 1 heterocycles. The van der Waals surface area contributed by atoms with Crippen LogP contribution in [0.15, 0.2) is 0 Å². The quantitative estimate of drug-likeness (QED) is 0.633. The molecular formula is C9H16O3. The molecule has 1 aliphatic rings. The Kier molecular flexibility index (Phi) is 2.85. The molecule has 0 amide bonds. The minimum Gasteiger partial charge on any atom is -0.350 e. The minimum absolute atomic E-state index is 0.0475. The predicted octanol–water partition coefficient (Wildman–Crippen LogP) is 1.51. The van der Waals surface area contributed by atoms with Gasteiger partial charge in [0, 0.05) is 6.42 Å². The van der Waals surface area contributed by atoms with Crippen LogP contribution in [0.25, 0.3) is 0 Å². The summed E-state index contributed by atoms with van der Waals surface area (Å²) in [5, 5.41) is 0. The monoisotopic (exact) mass is 172 g/mol. The van der Waals surface area contributed by atoms with E-state index in [1.807, 2.05) is 13.8 Å². The van der Waals surface area contributed by atoms with Gasteiger partial charge in [0.1, 0.15) is 5.78 Å². The Bertz CT molecular complexity index is 175. The zero-order chi connectivity index (χ0) is 9.19. The van der Waals surface area contributed by atoms with Crippen LogP contribution in [0.4, 0.5) is 0 Å². The molecule has 0 aromatic carbocycles. The second kappa shape index (κ2) is 3.54. The molecule has 1 unspecified atom stereocenters. The molecule has 1 fully saturated rings. The van der Waals surface area contributed by atoms with Crippen LogP contribution in [-0.2, 0) is 14.3 Å². The van der Waals surface area contributed by atoms with Gasteiger partial charge in [0.05, 0.1) is 12.7 Å². The molecule has 0 aliphatic carbocycles. The molecule has 0 aromatic heterocycles. The molecule has 70 valence electrons. The average molecular weight is 172 g/mol. The van der Waals surface area contributed by atoms with Gasteiger partial charge in [-0.05, 0) is 27.2 Å². The Balaban J connectivity index is 2.41. The second-order valence-corrected chi connectivity index (χ2v) is 3.68. The number of carbonyl (C=O) groups is 1. The molecule has 0 aromatic rings. The fraction of sp³-hybridized carbons (Fsp3) is 0.889. The third-order valence-corrected chi connectivity index (χ3v) is 1.86. The Morgan fingerprint density at radius 3 is 2.75 bits per heavy atom. The van der Waals surface area contributed by atoms with E-state index in [9.17, 15) is 4.79 Å². The third kappa shape index (κ3) is 2.91. The van der Waals surface area contributed by atoms with E-state index in [2.05, 4.69) is 0 Å². The maximum absolute atomic E-state index is 10.8. The van der Waals surface area contributed by atoms with Crippen molar-refractivity contribution in [2.45, 2.75) is 45.5 Å². The van der Waals surface area contributed by atoms with Crippen LogP contribution in [0.3, 0.4) is 0 Å². The van der Waals surface area contributed by atoms with Crippen molar-refractivity contribution in [2.75, 3.05) is 6.61 Å². The number of hydrogen-bond donors (Lipinski definition) is 0. The van der Waals surface area contributed by atoms with Crippen LogP contribution >= 0.6 is 0 Å². The van der Waals surface area contributed by atoms with Gasteiger partial charge in [0.2, 0.25) is 0 Å². The predicted molar refractivity (Wildman–Crippen MR) is 44.8 cm³/mol. The van der Waals surface area contributed by atoms with Crippen LogP contribution in [0.1, 0.15) is 33.6 Å². The van der Waals surface area contributed by atoms with Crippen molar-refractivity contribution in [3.63, 3.8) is 0 Å². The van der Waals surface area contributed by atoms with Crippen molar-refractivity contribution in [3.05, 3.63) is 0 Å². The van der Waals surface area contributed by atoms with E-state index >= 15 is 0 Å². The van der Waals surface area contributed by atoms with Gasteiger partial charge in [-0.2, -0.15) is 0 Å². The van der Waals surface area contributed by atoms with Gasteiger partial charge < -0.3 is 9.47 Å². The van der Waals surface area contributed by atoms with E-state index in [-0.39, 0.29) is 11.9 Å². The zero-order valence-corrected chi connectivity index (χ0v) is 7.92. The molecule has 1 aliphatic heterocycles. The lowest BCUT2D eigenvalue weighted by Gasteiger charge is -2.35. The molecule has 3 nitrogen and oxygen atoms in total. The highest BCUT2D eigenvalue weighted by Crippen LogP contribution is 2.23. The van der Waals surface area contributed by atoms with Crippen LogP contribution in [0.5, 0.6) is 0 Å². The Hall–Kier alpha value is -0.410. The van der Waals surface area contributed by atoms with Crippen molar-refractivity contribution in [2.24, 2.45) is 0 Å². The van der Waals surface area contributed by atoms with Gasteiger partial charge in [-0.3, -0.25) is 4.79 Å². The number of ketones is 1. The van der Waals surface area contributed by atoms with Crippen molar-refractivity contribution in [1.29, 1.82) is 0 Å². The summed E-state index contributed by atoms with van der Waals surface area (Å²) in [6, 6.07) is 0. The molecule has 0 N–H and O–H groups in total. The smallest absolute Gasteiger partial charge is 0.163 e. The molecule has 3 heteroatoms. The maximum Gasteiger partial charge on any atom is 0.163 e.